The van der Waals surface area contributed by atoms with Crippen molar-refractivity contribution in [3.63, 3.8) is 0 Å². The molecule has 0 aliphatic heterocycles. The third-order valence-corrected chi connectivity index (χ3v) is 11.0. The summed E-state index contributed by atoms with van der Waals surface area (Å²) in [6.45, 7) is 0. The van der Waals surface area contributed by atoms with Gasteiger partial charge in [-0.05, 0) is 142 Å². The van der Waals surface area contributed by atoms with Gasteiger partial charge in [-0.2, -0.15) is 10.5 Å². The van der Waals surface area contributed by atoms with Crippen LogP contribution in [0.4, 0.5) is 0 Å². The molecule has 2 heteroatoms. The Bertz CT molecular complexity index is 3050. The minimum absolute atomic E-state index is 0.465. The Balaban J connectivity index is 1.31. The van der Waals surface area contributed by atoms with Gasteiger partial charge in [0.2, 0.25) is 0 Å². The first-order valence-corrected chi connectivity index (χ1v) is 18.8. The van der Waals surface area contributed by atoms with E-state index in [4.69, 9.17) is 0 Å². The van der Waals surface area contributed by atoms with Gasteiger partial charge in [-0.25, -0.2) is 0 Å². The van der Waals surface area contributed by atoms with Crippen LogP contribution in [-0.4, -0.2) is 0 Å². The molecule has 1 aliphatic rings. The summed E-state index contributed by atoms with van der Waals surface area (Å²) in [5.41, 5.74) is 19.1. The average molecular weight is 709 g/mol. The van der Waals surface area contributed by atoms with E-state index in [2.05, 4.69) is 188 Å². The van der Waals surface area contributed by atoms with Gasteiger partial charge in [0.1, 0.15) is 0 Å². The standard InChI is InChI=1S/C54H32N2/c55-33-35-26-36(34-56)28-46(27-35)42-20-8-21-43(30-42)49-32-50(44-22-7-18-40(29-44)37-12-3-1-4-13-37)53-47-24-10-16-39-17-11-25-48(51(39)47)54(53)52(49)45-23-9-19-41(31-45)38-14-5-2-6-15-38/h1-32H. The molecule has 2 nitrogen and oxygen atoms in total. The summed E-state index contributed by atoms with van der Waals surface area (Å²) in [4.78, 5) is 0. The van der Waals surface area contributed by atoms with Crippen molar-refractivity contribution in [2.24, 2.45) is 0 Å². The Morgan fingerprint density at radius 3 is 1.25 bits per heavy atom. The van der Waals surface area contributed by atoms with Gasteiger partial charge in [0.15, 0.2) is 0 Å². The number of rotatable bonds is 6. The SMILES string of the molecule is N#Cc1cc(C#N)cc(-c2cccc(-c3cc(-c4cccc(-c5ccccc5)c4)c4c(c3-c3cccc(-c5ccccc5)c3)-c3cccc5cccc-4c35)c2)c1. The molecular formula is C54H32N2. The quantitative estimate of drug-likeness (QED) is 0.173. The van der Waals surface area contributed by atoms with Gasteiger partial charge in [0, 0.05) is 0 Å². The van der Waals surface area contributed by atoms with Gasteiger partial charge in [-0.15, -0.1) is 0 Å². The summed E-state index contributed by atoms with van der Waals surface area (Å²) < 4.78 is 0. The monoisotopic (exact) mass is 708 g/mol. The summed E-state index contributed by atoms with van der Waals surface area (Å²) in [6, 6.07) is 73.1. The van der Waals surface area contributed by atoms with Crippen LogP contribution < -0.4 is 0 Å². The van der Waals surface area contributed by atoms with Crippen LogP contribution in [0.15, 0.2) is 194 Å². The maximum Gasteiger partial charge on any atom is 0.0992 e. The fraction of sp³-hybridized carbons (Fsp3) is 0. The highest BCUT2D eigenvalue weighted by Gasteiger charge is 2.30. The van der Waals surface area contributed by atoms with Crippen LogP contribution >= 0.6 is 0 Å². The van der Waals surface area contributed by atoms with Crippen LogP contribution in [0.5, 0.6) is 0 Å². The van der Waals surface area contributed by atoms with E-state index >= 15 is 0 Å². The lowest BCUT2D eigenvalue weighted by molar-refractivity contribution is 1.44. The first kappa shape index (κ1) is 32.8. The van der Waals surface area contributed by atoms with Gasteiger partial charge >= 0.3 is 0 Å². The van der Waals surface area contributed by atoms with Crippen LogP contribution in [0.3, 0.4) is 0 Å². The molecule has 56 heavy (non-hydrogen) atoms. The molecule has 10 rings (SSSR count). The van der Waals surface area contributed by atoms with E-state index < -0.39 is 0 Å². The molecule has 0 fully saturated rings. The lowest BCUT2D eigenvalue weighted by atomic mass is 9.81. The molecule has 258 valence electrons. The normalized spacial score (nSPS) is 11.2. The summed E-state index contributed by atoms with van der Waals surface area (Å²) in [7, 11) is 0. The first-order valence-electron chi connectivity index (χ1n) is 18.8. The number of nitriles is 2. The van der Waals surface area contributed by atoms with Crippen molar-refractivity contribution in [2.45, 2.75) is 0 Å². The molecule has 0 N–H and O–H groups in total. The molecule has 0 radical (unpaired) electrons. The predicted octanol–water partition coefficient (Wildman–Crippen LogP) is 14.2. The number of benzene rings is 9. The van der Waals surface area contributed by atoms with Crippen molar-refractivity contribution in [1.82, 2.24) is 0 Å². The minimum Gasteiger partial charge on any atom is -0.192 e. The number of hydrogen-bond donors (Lipinski definition) is 0. The molecule has 9 aromatic carbocycles. The van der Waals surface area contributed by atoms with Crippen LogP contribution in [0, 0.1) is 22.7 Å². The number of nitrogens with zero attached hydrogens (tertiary/aromatic N) is 2. The maximum absolute atomic E-state index is 9.83. The average Bonchev–Trinajstić information content (AvgIpc) is 3.62. The molecule has 0 atom stereocenters. The van der Waals surface area contributed by atoms with E-state index in [-0.39, 0.29) is 0 Å². The summed E-state index contributed by atoms with van der Waals surface area (Å²) >= 11 is 0. The van der Waals surface area contributed by atoms with E-state index in [1.54, 1.807) is 6.07 Å². The fourth-order valence-corrected chi connectivity index (χ4v) is 8.52. The molecule has 0 heterocycles. The zero-order valence-corrected chi connectivity index (χ0v) is 30.4. The van der Waals surface area contributed by atoms with E-state index in [0.29, 0.717) is 11.1 Å². The highest BCUT2D eigenvalue weighted by Crippen LogP contribution is 2.57. The minimum atomic E-state index is 0.465. The van der Waals surface area contributed by atoms with Crippen molar-refractivity contribution in [3.8, 4) is 101 Å². The number of hydrogen-bond acceptors (Lipinski definition) is 2. The van der Waals surface area contributed by atoms with Crippen LogP contribution in [0.2, 0.25) is 0 Å². The molecule has 0 bridgehead atoms. The van der Waals surface area contributed by atoms with Gasteiger partial charge < -0.3 is 0 Å². The van der Waals surface area contributed by atoms with E-state index in [1.807, 2.05) is 12.1 Å². The molecule has 0 saturated carbocycles. The summed E-state index contributed by atoms with van der Waals surface area (Å²) in [6.07, 6.45) is 0. The molecule has 0 aromatic heterocycles. The third-order valence-electron chi connectivity index (χ3n) is 11.0. The molecule has 0 saturated heterocycles. The molecule has 9 aromatic rings. The second-order valence-corrected chi connectivity index (χ2v) is 14.3. The molecular weight excluding hydrogens is 677 g/mol. The summed E-state index contributed by atoms with van der Waals surface area (Å²) in [5.74, 6) is 0. The maximum atomic E-state index is 9.83. The van der Waals surface area contributed by atoms with E-state index in [1.165, 1.54) is 60.8 Å². The number of fused-ring (bicyclic) bond motifs is 3. The van der Waals surface area contributed by atoms with Crippen molar-refractivity contribution < 1.29 is 0 Å². The molecule has 1 aliphatic carbocycles. The Morgan fingerprint density at radius 2 is 0.696 bits per heavy atom. The lowest BCUT2D eigenvalue weighted by Crippen LogP contribution is -1.95. The second kappa shape index (κ2) is 13.6. The lowest BCUT2D eigenvalue weighted by Gasteiger charge is -2.22. The zero-order chi connectivity index (χ0) is 37.6. The van der Waals surface area contributed by atoms with Crippen molar-refractivity contribution >= 4 is 10.8 Å². The van der Waals surface area contributed by atoms with Crippen LogP contribution in [0.1, 0.15) is 11.1 Å². The summed E-state index contributed by atoms with van der Waals surface area (Å²) in [5, 5.41) is 22.1. The Morgan fingerprint density at radius 1 is 0.268 bits per heavy atom. The van der Waals surface area contributed by atoms with Gasteiger partial charge in [0.25, 0.3) is 0 Å². The van der Waals surface area contributed by atoms with Crippen LogP contribution in [0.25, 0.3) is 99.8 Å². The third kappa shape index (κ3) is 5.57. The highest BCUT2D eigenvalue weighted by molar-refractivity contribution is 6.23. The Hall–Kier alpha value is -7.78. The highest BCUT2D eigenvalue weighted by atomic mass is 14.3. The Kier molecular flexibility index (Phi) is 7.96. The smallest absolute Gasteiger partial charge is 0.0992 e. The van der Waals surface area contributed by atoms with Crippen molar-refractivity contribution in [3.05, 3.63) is 205 Å². The molecule has 0 spiro atoms. The van der Waals surface area contributed by atoms with Crippen molar-refractivity contribution in [2.75, 3.05) is 0 Å². The molecule has 0 amide bonds. The first-order chi connectivity index (χ1) is 27.7. The Labute approximate surface area is 326 Å². The predicted molar refractivity (Wildman–Crippen MR) is 230 cm³/mol. The topological polar surface area (TPSA) is 47.6 Å². The van der Waals surface area contributed by atoms with E-state index in [0.717, 1.165) is 38.9 Å². The zero-order valence-electron chi connectivity index (χ0n) is 30.4. The van der Waals surface area contributed by atoms with Crippen molar-refractivity contribution in [1.29, 1.82) is 10.5 Å². The second-order valence-electron chi connectivity index (χ2n) is 14.3. The molecule has 0 unspecified atom stereocenters. The van der Waals surface area contributed by atoms with Gasteiger partial charge in [0.05, 0.1) is 23.3 Å². The van der Waals surface area contributed by atoms with E-state index in [9.17, 15) is 10.5 Å². The fourth-order valence-electron chi connectivity index (χ4n) is 8.52. The van der Waals surface area contributed by atoms with Gasteiger partial charge in [-0.1, -0.05) is 152 Å². The van der Waals surface area contributed by atoms with Crippen LogP contribution in [-0.2, 0) is 0 Å². The van der Waals surface area contributed by atoms with Gasteiger partial charge in [-0.3, -0.25) is 0 Å². The largest absolute Gasteiger partial charge is 0.192 e.